The second kappa shape index (κ2) is 18.5. The highest BCUT2D eigenvalue weighted by Gasteiger charge is 2.02. The van der Waals surface area contributed by atoms with E-state index in [0.29, 0.717) is 0 Å². The van der Waals surface area contributed by atoms with Crippen molar-refractivity contribution in [3.8, 4) is 66.8 Å². The van der Waals surface area contributed by atoms with Crippen LogP contribution < -0.4 is 0 Å². The van der Waals surface area contributed by atoms with Crippen molar-refractivity contribution in [3.05, 3.63) is 255 Å². The van der Waals surface area contributed by atoms with Crippen LogP contribution in [0.2, 0.25) is 0 Å². The van der Waals surface area contributed by atoms with Crippen molar-refractivity contribution in [1.82, 2.24) is 0 Å². The van der Waals surface area contributed by atoms with Gasteiger partial charge >= 0.3 is 0 Å². The lowest BCUT2D eigenvalue weighted by Crippen LogP contribution is -1.81. The monoisotopic (exact) mass is 690 g/mol. The van der Waals surface area contributed by atoms with Gasteiger partial charge in [0.15, 0.2) is 0 Å². The Balaban J connectivity index is 0.000000132. The van der Waals surface area contributed by atoms with Crippen LogP contribution in [0.1, 0.15) is 0 Å². The molecule has 0 N–H and O–H groups in total. The molecule has 0 atom stereocenters. The Hall–Kier alpha value is -7.02. The van der Waals surface area contributed by atoms with Gasteiger partial charge in [0.25, 0.3) is 0 Å². The highest BCUT2D eigenvalue weighted by molar-refractivity contribution is 5.74. The minimum atomic E-state index is 1.24. The maximum absolute atomic E-state index is 2.19. The van der Waals surface area contributed by atoms with Crippen molar-refractivity contribution in [2.45, 2.75) is 0 Å². The molecule has 0 aliphatic carbocycles. The maximum atomic E-state index is 2.19. The van der Waals surface area contributed by atoms with Crippen LogP contribution in [0.3, 0.4) is 0 Å². The van der Waals surface area contributed by atoms with Crippen molar-refractivity contribution in [3.63, 3.8) is 0 Å². The summed E-state index contributed by atoms with van der Waals surface area (Å²) in [6.07, 6.45) is 0. The van der Waals surface area contributed by atoms with Crippen LogP contribution in [0.15, 0.2) is 255 Å². The molecule has 0 saturated carbocycles. The number of hydrogen-bond donors (Lipinski definition) is 0. The smallest absolute Gasteiger partial charge is 0.0184 e. The topological polar surface area (TPSA) is 0 Å². The van der Waals surface area contributed by atoms with Gasteiger partial charge < -0.3 is 0 Å². The van der Waals surface area contributed by atoms with Crippen LogP contribution in [-0.4, -0.2) is 0 Å². The van der Waals surface area contributed by atoms with Gasteiger partial charge in [-0.15, -0.1) is 0 Å². The maximum Gasteiger partial charge on any atom is -0.0184 e. The minimum Gasteiger partial charge on any atom is -0.0622 e. The molecule has 258 valence electrons. The van der Waals surface area contributed by atoms with Gasteiger partial charge in [-0.05, 0) is 66.8 Å². The van der Waals surface area contributed by atoms with Gasteiger partial charge in [0.1, 0.15) is 0 Å². The van der Waals surface area contributed by atoms with E-state index in [2.05, 4.69) is 218 Å². The third-order valence-corrected chi connectivity index (χ3v) is 9.30. The first-order chi connectivity index (χ1) is 26.8. The molecule has 0 aliphatic heterocycles. The van der Waals surface area contributed by atoms with Crippen molar-refractivity contribution >= 4 is 0 Å². The predicted molar refractivity (Wildman–Crippen MR) is 232 cm³/mol. The van der Waals surface area contributed by atoms with Gasteiger partial charge in [-0.1, -0.05) is 255 Å². The molecule has 0 heteroatoms. The van der Waals surface area contributed by atoms with E-state index in [1.165, 1.54) is 66.8 Å². The Morgan fingerprint density at radius 2 is 0.185 bits per heavy atom. The summed E-state index contributed by atoms with van der Waals surface area (Å²) >= 11 is 0. The molecule has 0 saturated heterocycles. The molecule has 0 amide bonds. The molecule has 0 bridgehead atoms. The fourth-order valence-corrected chi connectivity index (χ4v) is 6.35. The van der Waals surface area contributed by atoms with Crippen LogP contribution in [-0.2, 0) is 0 Å². The predicted octanol–water partition coefficient (Wildman–Crippen LogP) is 15.1. The van der Waals surface area contributed by atoms with Crippen LogP contribution >= 0.6 is 0 Å². The molecule has 0 fully saturated rings. The zero-order chi connectivity index (χ0) is 36.6. The second-order valence-electron chi connectivity index (χ2n) is 12.9. The quantitative estimate of drug-likeness (QED) is 0.163. The second-order valence-corrected chi connectivity index (χ2v) is 12.9. The minimum absolute atomic E-state index is 1.24. The fraction of sp³-hybridized carbons (Fsp3) is 0. The average Bonchev–Trinajstić information content (AvgIpc) is 3.29. The zero-order valence-corrected chi connectivity index (χ0v) is 30.2. The Bertz CT molecular complexity index is 2210. The van der Waals surface area contributed by atoms with E-state index in [-0.39, 0.29) is 0 Å². The van der Waals surface area contributed by atoms with E-state index in [9.17, 15) is 0 Å². The molecule has 0 aliphatic rings. The highest BCUT2D eigenvalue weighted by atomic mass is 14.1. The lowest BCUT2D eigenvalue weighted by molar-refractivity contribution is 1.58. The van der Waals surface area contributed by atoms with Crippen molar-refractivity contribution in [1.29, 1.82) is 0 Å². The van der Waals surface area contributed by atoms with Crippen LogP contribution in [0.25, 0.3) is 66.8 Å². The summed E-state index contributed by atoms with van der Waals surface area (Å²) in [6, 6.07) is 88.9. The van der Waals surface area contributed by atoms with Gasteiger partial charge in [-0.25, -0.2) is 0 Å². The number of benzene rings is 9. The summed E-state index contributed by atoms with van der Waals surface area (Å²) in [7, 11) is 0. The lowest BCUT2D eigenvalue weighted by Gasteiger charge is -2.07. The first kappa shape index (κ1) is 35.4. The standard InChI is InChI=1S/C24H18.C18H14.C12H10/c1-3-7-19(8-4-1)21-11-15-23(16-12-21)24-17-13-22(14-18-24)20-9-5-2-6-10-20;1-3-7-15(8-4-1)17-11-13-18(14-12-17)16-9-5-2-6-10-16;1-3-7-11(8-4-1)12-9-5-2-6-10-12/h1-18H;1-14H;1-10H. The first-order valence-electron chi connectivity index (χ1n) is 18.4. The largest absolute Gasteiger partial charge is 0.0622 e. The molecular formula is C54H42. The van der Waals surface area contributed by atoms with E-state index in [4.69, 9.17) is 0 Å². The van der Waals surface area contributed by atoms with Crippen LogP contribution in [0.4, 0.5) is 0 Å². The zero-order valence-electron chi connectivity index (χ0n) is 30.2. The average molecular weight is 691 g/mol. The van der Waals surface area contributed by atoms with Gasteiger partial charge in [-0.3, -0.25) is 0 Å². The van der Waals surface area contributed by atoms with E-state index in [0.717, 1.165) is 0 Å². The summed E-state index contributed by atoms with van der Waals surface area (Å²) in [6.45, 7) is 0. The number of hydrogen-bond acceptors (Lipinski definition) is 0. The molecule has 0 heterocycles. The molecule has 0 spiro atoms. The van der Waals surface area contributed by atoms with Gasteiger partial charge in [0.05, 0.1) is 0 Å². The normalized spacial score (nSPS) is 10.2. The molecule has 54 heavy (non-hydrogen) atoms. The number of rotatable bonds is 6. The molecule has 9 aromatic rings. The van der Waals surface area contributed by atoms with Crippen LogP contribution in [0.5, 0.6) is 0 Å². The van der Waals surface area contributed by atoms with E-state index >= 15 is 0 Å². The van der Waals surface area contributed by atoms with Crippen LogP contribution in [0, 0.1) is 0 Å². The summed E-state index contributed by atoms with van der Waals surface area (Å²) < 4.78 is 0. The third kappa shape index (κ3) is 9.64. The summed E-state index contributed by atoms with van der Waals surface area (Å²) in [4.78, 5) is 0. The molecule has 0 radical (unpaired) electrons. The molecule has 9 rings (SSSR count). The SMILES string of the molecule is c1ccc(-c2ccc(-c3ccc(-c4ccccc4)cc3)cc2)cc1.c1ccc(-c2ccc(-c3ccccc3)cc2)cc1.c1ccc(-c2ccccc2)cc1. The third-order valence-electron chi connectivity index (χ3n) is 9.30. The Kier molecular flexibility index (Phi) is 12.1. The van der Waals surface area contributed by atoms with Gasteiger partial charge in [-0.2, -0.15) is 0 Å². The van der Waals surface area contributed by atoms with Gasteiger partial charge in [0, 0.05) is 0 Å². The Labute approximate surface area is 320 Å². The Morgan fingerprint density at radius 1 is 0.0926 bits per heavy atom. The van der Waals surface area contributed by atoms with E-state index in [1.807, 2.05) is 36.4 Å². The molecule has 9 aromatic carbocycles. The summed E-state index contributed by atoms with van der Waals surface area (Å²) in [5.41, 5.74) is 15.1. The molecule has 0 nitrogen and oxygen atoms in total. The highest BCUT2D eigenvalue weighted by Crippen LogP contribution is 2.28. The Morgan fingerprint density at radius 3 is 0.296 bits per heavy atom. The first-order valence-corrected chi connectivity index (χ1v) is 18.4. The summed E-state index contributed by atoms with van der Waals surface area (Å²) in [5.74, 6) is 0. The molecule has 0 unspecified atom stereocenters. The van der Waals surface area contributed by atoms with Crippen molar-refractivity contribution in [2.24, 2.45) is 0 Å². The molecule has 0 aromatic heterocycles. The van der Waals surface area contributed by atoms with Gasteiger partial charge in [0.2, 0.25) is 0 Å². The van der Waals surface area contributed by atoms with E-state index in [1.54, 1.807) is 0 Å². The van der Waals surface area contributed by atoms with Crippen molar-refractivity contribution < 1.29 is 0 Å². The fourth-order valence-electron chi connectivity index (χ4n) is 6.35. The lowest BCUT2D eigenvalue weighted by atomic mass is 9.98. The summed E-state index contributed by atoms with van der Waals surface area (Å²) in [5, 5.41) is 0. The van der Waals surface area contributed by atoms with Crippen molar-refractivity contribution in [2.75, 3.05) is 0 Å². The van der Waals surface area contributed by atoms with E-state index < -0.39 is 0 Å². The molecular weight excluding hydrogens is 649 g/mol.